The van der Waals surface area contributed by atoms with E-state index in [4.69, 9.17) is 10.5 Å². The van der Waals surface area contributed by atoms with E-state index in [2.05, 4.69) is 17.2 Å². The Morgan fingerprint density at radius 1 is 1.38 bits per heavy atom. The van der Waals surface area contributed by atoms with Gasteiger partial charge >= 0.3 is 0 Å². The van der Waals surface area contributed by atoms with Crippen LogP contribution in [-0.2, 0) is 4.74 Å². The molecule has 0 amide bonds. The van der Waals surface area contributed by atoms with Gasteiger partial charge in [-0.15, -0.1) is 0 Å². The molecule has 16 heavy (non-hydrogen) atoms. The van der Waals surface area contributed by atoms with Gasteiger partial charge in [0, 0.05) is 11.5 Å². The molecule has 1 aliphatic heterocycles. The quantitative estimate of drug-likeness (QED) is 0.561. The molecule has 2 fully saturated rings. The summed E-state index contributed by atoms with van der Waals surface area (Å²) in [7, 11) is 0. The molecule has 1 heterocycles. The maximum atomic E-state index is 5.89. The van der Waals surface area contributed by atoms with E-state index in [0.717, 1.165) is 19.8 Å². The third kappa shape index (κ3) is 3.11. The standard InChI is InChI=1S/C12H23N3O/c1-12(8-16-9-12)7-14-11(13)15-10-5-3-2-4-6-10/h10H,2-9H2,1H3,(H3,13,14,15). The first-order valence-electron chi connectivity index (χ1n) is 6.32. The number of ether oxygens (including phenoxy) is 1. The Hall–Kier alpha value is -0.770. The molecule has 0 radical (unpaired) electrons. The third-order valence-corrected chi connectivity index (χ3v) is 3.49. The first-order chi connectivity index (χ1) is 7.68. The summed E-state index contributed by atoms with van der Waals surface area (Å²) >= 11 is 0. The molecule has 0 unspecified atom stereocenters. The fraction of sp³-hybridized carbons (Fsp3) is 0.917. The normalized spacial score (nSPS) is 26.2. The molecule has 2 rings (SSSR count). The molecule has 0 spiro atoms. The zero-order valence-corrected chi connectivity index (χ0v) is 10.2. The van der Waals surface area contributed by atoms with E-state index in [1.54, 1.807) is 0 Å². The fourth-order valence-corrected chi connectivity index (χ4v) is 2.32. The number of nitrogens with one attached hydrogen (secondary N) is 1. The highest BCUT2D eigenvalue weighted by Gasteiger charge is 2.33. The minimum Gasteiger partial charge on any atom is -0.380 e. The third-order valence-electron chi connectivity index (χ3n) is 3.49. The fourth-order valence-electron chi connectivity index (χ4n) is 2.32. The number of hydrogen-bond acceptors (Lipinski definition) is 2. The van der Waals surface area contributed by atoms with Gasteiger partial charge in [-0.3, -0.25) is 4.99 Å². The number of guanidine groups is 1. The Labute approximate surface area is 97.6 Å². The smallest absolute Gasteiger partial charge is 0.188 e. The van der Waals surface area contributed by atoms with Crippen molar-refractivity contribution in [2.75, 3.05) is 19.8 Å². The highest BCUT2D eigenvalue weighted by molar-refractivity contribution is 5.78. The van der Waals surface area contributed by atoms with Crippen molar-refractivity contribution in [3.8, 4) is 0 Å². The molecule has 0 atom stereocenters. The van der Waals surface area contributed by atoms with Crippen molar-refractivity contribution in [2.45, 2.75) is 45.1 Å². The average Bonchev–Trinajstić information content (AvgIpc) is 2.25. The predicted octanol–water partition coefficient (Wildman–Crippen LogP) is 1.26. The van der Waals surface area contributed by atoms with E-state index in [-0.39, 0.29) is 5.41 Å². The van der Waals surface area contributed by atoms with Crippen molar-refractivity contribution < 1.29 is 4.74 Å². The summed E-state index contributed by atoms with van der Waals surface area (Å²) in [5.41, 5.74) is 6.11. The SMILES string of the molecule is CC1(CN=C(N)NC2CCCCC2)COC1. The molecule has 0 bridgehead atoms. The van der Waals surface area contributed by atoms with Gasteiger partial charge in [0.05, 0.1) is 19.8 Å². The van der Waals surface area contributed by atoms with Gasteiger partial charge in [0.15, 0.2) is 5.96 Å². The number of aliphatic imine (C=N–C) groups is 1. The van der Waals surface area contributed by atoms with Crippen molar-refractivity contribution in [3.63, 3.8) is 0 Å². The Bertz CT molecular complexity index is 255. The maximum Gasteiger partial charge on any atom is 0.188 e. The molecule has 4 nitrogen and oxygen atoms in total. The van der Waals surface area contributed by atoms with E-state index < -0.39 is 0 Å². The Morgan fingerprint density at radius 2 is 2.06 bits per heavy atom. The lowest BCUT2D eigenvalue weighted by molar-refractivity contribution is -0.0945. The molecule has 1 aliphatic carbocycles. The lowest BCUT2D eigenvalue weighted by Crippen LogP contribution is -2.45. The number of rotatable bonds is 3. The first-order valence-corrected chi connectivity index (χ1v) is 6.32. The second kappa shape index (κ2) is 5.04. The molecular formula is C12H23N3O. The molecule has 0 aromatic rings. The van der Waals surface area contributed by atoms with E-state index in [1.165, 1.54) is 32.1 Å². The van der Waals surface area contributed by atoms with Crippen LogP contribution >= 0.6 is 0 Å². The van der Waals surface area contributed by atoms with Crippen LogP contribution in [0.2, 0.25) is 0 Å². The summed E-state index contributed by atoms with van der Waals surface area (Å²) in [5, 5.41) is 3.33. The largest absolute Gasteiger partial charge is 0.380 e. The minimum atomic E-state index is 0.221. The van der Waals surface area contributed by atoms with E-state index in [1.807, 2.05) is 0 Å². The molecule has 1 saturated heterocycles. The topological polar surface area (TPSA) is 59.6 Å². The summed E-state index contributed by atoms with van der Waals surface area (Å²) in [6.07, 6.45) is 6.46. The molecule has 3 N–H and O–H groups in total. The summed E-state index contributed by atoms with van der Waals surface area (Å²) < 4.78 is 5.19. The minimum absolute atomic E-state index is 0.221. The molecular weight excluding hydrogens is 202 g/mol. The maximum absolute atomic E-state index is 5.89. The summed E-state index contributed by atoms with van der Waals surface area (Å²) in [6, 6.07) is 0.544. The highest BCUT2D eigenvalue weighted by atomic mass is 16.5. The lowest BCUT2D eigenvalue weighted by Gasteiger charge is -2.36. The van der Waals surface area contributed by atoms with E-state index >= 15 is 0 Å². The van der Waals surface area contributed by atoms with E-state index in [9.17, 15) is 0 Å². The number of nitrogens with two attached hydrogens (primary N) is 1. The van der Waals surface area contributed by atoms with Gasteiger partial charge in [-0.1, -0.05) is 26.2 Å². The van der Waals surface area contributed by atoms with Crippen molar-refractivity contribution in [3.05, 3.63) is 0 Å². The molecule has 2 aliphatic rings. The second-order valence-electron chi connectivity index (χ2n) is 5.48. The lowest BCUT2D eigenvalue weighted by atomic mass is 9.89. The van der Waals surface area contributed by atoms with Crippen LogP contribution in [0.1, 0.15) is 39.0 Å². The predicted molar refractivity (Wildman–Crippen MR) is 65.4 cm³/mol. The second-order valence-corrected chi connectivity index (χ2v) is 5.48. The highest BCUT2D eigenvalue weighted by Crippen LogP contribution is 2.26. The van der Waals surface area contributed by atoms with Crippen LogP contribution in [0.15, 0.2) is 4.99 Å². The van der Waals surface area contributed by atoms with Crippen LogP contribution in [0.5, 0.6) is 0 Å². The molecule has 4 heteroatoms. The van der Waals surface area contributed by atoms with Gasteiger partial charge in [0.25, 0.3) is 0 Å². The van der Waals surface area contributed by atoms with Crippen molar-refractivity contribution in [1.29, 1.82) is 0 Å². The Balaban J connectivity index is 1.73. The summed E-state index contributed by atoms with van der Waals surface area (Å²) in [5.74, 6) is 0.611. The first kappa shape index (κ1) is 11.7. The monoisotopic (exact) mass is 225 g/mol. The molecule has 0 aromatic carbocycles. The molecule has 92 valence electrons. The van der Waals surface area contributed by atoms with Crippen LogP contribution < -0.4 is 11.1 Å². The van der Waals surface area contributed by atoms with E-state index in [0.29, 0.717) is 12.0 Å². The number of nitrogens with zero attached hydrogens (tertiary/aromatic N) is 1. The Kier molecular flexibility index (Phi) is 3.69. The summed E-state index contributed by atoms with van der Waals surface area (Å²) in [6.45, 7) is 4.59. The molecule has 0 aromatic heterocycles. The van der Waals surface area contributed by atoms with Crippen LogP contribution in [-0.4, -0.2) is 31.8 Å². The van der Waals surface area contributed by atoms with Crippen LogP contribution in [0.3, 0.4) is 0 Å². The van der Waals surface area contributed by atoms with Crippen LogP contribution in [0.4, 0.5) is 0 Å². The van der Waals surface area contributed by atoms with Crippen LogP contribution in [0, 0.1) is 5.41 Å². The van der Waals surface area contributed by atoms with Crippen molar-refractivity contribution in [2.24, 2.45) is 16.1 Å². The average molecular weight is 225 g/mol. The van der Waals surface area contributed by atoms with Gasteiger partial charge in [0.2, 0.25) is 0 Å². The zero-order valence-electron chi connectivity index (χ0n) is 10.2. The van der Waals surface area contributed by atoms with Gasteiger partial charge in [-0.25, -0.2) is 0 Å². The van der Waals surface area contributed by atoms with Gasteiger partial charge in [0.1, 0.15) is 0 Å². The van der Waals surface area contributed by atoms with Gasteiger partial charge in [-0.05, 0) is 12.8 Å². The molecule has 1 saturated carbocycles. The Morgan fingerprint density at radius 3 is 2.62 bits per heavy atom. The van der Waals surface area contributed by atoms with Gasteiger partial charge < -0.3 is 15.8 Å². The summed E-state index contributed by atoms with van der Waals surface area (Å²) in [4.78, 5) is 4.42. The van der Waals surface area contributed by atoms with Gasteiger partial charge in [-0.2, -0.15) is 0 Å². The van der Waals surface area contributed by atoms with Crippen molar-refractivity contribution >= 4 is 5.96 Å². The van der Waals surface area contributed by atoms with Crippen LogP contribution in [0.25, 0.3) is 0 Å². The van der Waals surface area contributed by atoms with Crippen molar-refractivity contribution in [1.82, 2.24) is 5.32 Å². The zero-order chi connectivity index (χ0) is 11.4. The number of hydrogen-bond donors (Lipinski definition) is 2.